The maximum absolute atomic E-state index is 12.4. The zero-order chi connectivity index (χ0) is 22.2. The van der Waals surface area contributed by atoms with Gasteiger partial charge in [-0.3, -0.25) is 4.79 Å². The molecule has 1 aromatic heterocycles. The summed E-state index contributed by atoms with van der Waals surface area (Å²) >= 11 is 1.22. The number of benzene rings is 2. The van der Waals surface area contributed by atoms with Crippen molar-refractivity contribution >= 4 is 34.2 Å². The lowest BCUT2D eigenvalue weighted by Gasteiger charge is -2.07. The van der Waals surface area contributed by atoms with Crippen LogP contribution in [-0.4, -0.2) is 31.1 Å². The minimum absolute atomic E-state index is 0.168. The number of amides is 1. The van der Waals surface area contributed by atoms with E-state index in [1.165, 1.54) is 23.5 Å². The normalized spacial score (nSPS) is 10.1. The van der Waals surface area contributed by atoms with Gasteiger partial charge in [-0.25, -0.2) is 9.59 Å². The molecule has 7 nitrogen and oxygen atoms in total. The summed E-state index contributed by atoms with van der Waals surface area (Å²) in [6.45, 7) is 1.35. The highest BCUT2D eigenvalue weighted by Gasteiger charge is 2.20. The van der Waals surface area contributed by atoms with E-state index in [-0.39, 0.29) is 17.7 Å². The summed E-state index contributed by atoms with van der Waals surface area (Å²) in [6.07, 6.45) is 0. The molecule has 0 saturated carbocycles. The molecule has 1 N–H and O–H groups in total. The SMILES string of the molecule is CCOC(=O)c1cc(-c2ccccc2)sc1NC(=O)COC(=O)c1cccc(C#N)c1. The van der Waals surface area contributed by atoms with Crippen LogP contribution in [-0.2, 0) is 14.3 Å². The molecular weight excluding hydrogens is 416 g/mol. The van der Waals surface area contributed by atoms with Crippen molar-refractivity contribution in [1.82, 2.24) is 0 Å². The van der Waals surface area contributed by atoms with Crippen LogP contribution in [0, 0.1) is 11.3 Å². The van der Waals surface area contributed by atoms with E-state index < -0.39 is 24.5 Å². The number of hydrogen-bond acceptors (Lipinski definition) is 7. The molecular formula is C23H18N2O5S. The van der Waals surface area contributed by atoms with Gasteiger partial charge in [-0.15, -0.1) is 11.3 Å². The average Bonchev–Trinajstić information content (AvgIpc) is 3.22. The van der Waals surface area contributed by atoms with Gasteiger partial charge in [-0.05, 0) is 36.8 Å². The van der Waals surface area contributed by atoms with Gasteiger partial charge in [-0.2, -0.15) is 5.26 Å². The molecule has 0 aliphatic carbocycles. The van der Waals surface area contributed by atoms with Crippen LogP contribution in [0.2, 0.25) is 0 Å². The lowest BCUT2D eigenvalue weighted by Crippen LogP contribution is -2.21. The van der Waals surface area contributed by atoms with Gasteiger partial charge in [0.05, 0.1) is 29.4 Å². The first-order valence-corrected chi connectivity index (χ1v) is 10.2. The lowest BCUT2D eigenvalue weighted by atomic mass is 10.1. The standard InChI is InChI=1S/C23H18N2O5S/c1-2-29-23(28)18-12-19(16-8-4-3-5-9-16)31-21(18)25-20(26)14-30-22(27)17-10-6-7-15(11-17)13-24/h3-12H,2,14H2,1H3,(H,25,26). The van der Waals surface area contributed by atoms with E-state index in [0.29, 0.717) is 10.6 Å². The number of thiophene rings is 1. The van der Waals surface area contributed by atoms with E-state index >= 15 is 0 Å². The van der Waals surface area contributed by atoms with Crippen molar-refractivity contribution < 1.29 is 23.9 Å². The van der Waals surface area contributed by atoms with E-state index in [9.17, 15) is 14.4 Å². The number of carbonyl (C=O) groups is 3. The quantitative estimate of drug-likeness (QED) is 0.557. The Morgan fingerprint density at radius 1 is 1.00 bits per heavy atom. The molecule has 31 heavy (non-hydrogen) atoms. The molecule has 0 aliphatic heterocycles. The van der Waals surface area contributed by atoms with Crippen molar-refractivity contribution in [2.75, 3.05) is 18.5 Å². The van der Waals surface area contributed by atoms with Gasteiger partial charge < -0.3 is 14.8 Å². The first-order valence-electron chi connectivity index (χ1n) is 9.35. The van der Waals surface area contributed by atoms with E-state index in [0.717, 1.165) is 10.4 Å². The monoisotopic (exact) mass is 434 g/mol. The van der Waals surface area contributed by atoms with Crippen molar-refractivity contribution in [3.05, 3.63) is 77.4 Å². The molecule has 1 amide bonds. The van der Waals surface area contributed by atoms with Gasteiger partial charge >= 0.3 is 11.9 Å². The van der Waals surface area contributed by atoms with Crippen LogP contribution >= 0.6 is 11.3 Å². The number of ether oxygens (including phenoxy) is 2. The minimum Gasteiger partial charge on any atom is -0.462 e. The third-order valence-electron chi connectivity index (χ3n) is 4.10. The van der Waals surface area contributed by atoms with Gasteiger partial charge in [-0.1, -0.05) is 36.4 Å². The molecule has 3 aromatic rings. The van der Waals surface area contributed by atoms with Crippen LogP contribution in [0.5, 0.6) is 0 Å². The Hall–Kier alpha value is -3.96. The molecule has 0 radical (unpaired) electrons. The number of carbonyl (C=O) groups excluding carboxylic acids is 3. The molecule has 156 valence electrons. The van der Waals surface area contributed by atoms with Crippen LogP contribution in [0.15, 0.2) is 60.7 Å². The molecule has 0 aliphatic rings. The fraction of sp³-hybridized carbons (Fsp3) is 0.130. The number of rotatable bonds is 7. The molecule has 1 heterocycles. The van der Waals surface area contributed by atoms with Crippen LogP contribution in [0.3, 0.4) is 0 Å². The predicted octanol–water partition coefficient (Wildman–Crippen LogP) is 4.26. The second-order valence-electron chi connectivity index (χ2n) is 6.26. The number of nitrogens with one attached hydrogen (secondary N) is 1. The highest BCUT2D eigenvalue weighted by Crippen LogP contribution is 2.35. The van der Waals surface area contributed by atoms with E-state index in [1.54, 1.807) is 25.1 Å². The van der Waals surface area contributed by atoms with Crippen molar-refractivity contribution in [1.29, 1.82) is 5.26 Å². The summed E-state index contributed by atoms with van der Waals surface area (Å²) < 4.78 is 10.1. The van der Waals surface area contributed by atoms with Crippen molar-refractivity contribution in [3.63, 3.8) is 0 Å². The van der Waals surface area contributed by atoms with Crippen molar-refractivity contribution in [2.24, 2.45) is 0 Å². The fourth-order valence-corrected chi connectivity index (χ4v) is 3.75. The molecule has 0 atom stereocenters. The molecule has 0 spiro atoms. The average molecular weight is 434 g/mol. The summed E-state index contributed by atoms with van der Waals surface area (Å²) in [5.74, 6) is -1.88. The van der Waals surface area contributed by atoms with Crippen LogP contribution in [0.1, 0.15) is 33.2 Å². The van der Waals surface area contributed by atoms with Crippen LogP contribution in [0.4, 0.5) is 5.00 Å². The van der Waals surface area contributed by atoms with Gasteiger partial charge in [0.1, 0.15) is 5.00 Å². The number of hydrogen-bond donors (Lipinski definition) is 1. The number of nitrogens with zero attached hydrogens (tertiary/aromatic N) is 1. The summed E-state index contributed by atoms with van der Waals surface area (Å²) in [5.41, 5.74) is 1.60. The maximum atomic E-state index is 12.4. The number of esters is 2. The summed E-state index contributed by atoms with van der Waals surface area (Å²) in [5, 5.41) is 11.8. The zero-order valence-corrected chi connectivity index (χ0v) is 17.4. The van der Waals surface area contributed by atoms with Crippen LogP contribution in [0.25, 0.3) is 10.4 Å². The molecule has 0 fully saturated rings. The van der Waals surface area contributed by atoms with Gasteiger partial charge in [0.25, 0.3) is 5.91 Å². The van der Waals surface area contributed by atoms with Crippen molar-refractivity contribution in [2.45, 2.75) is 6.92 Å². The van der Waals surface area contributed by atoms with Crippen LogP contribution < -0.4 is 5.32 Å². The first kappa shape index (κ1) is 21.7. The Morgan fingerprint density at radius 3 is 2.48 bits per heavy atom. The predicted molar refractivity (Wildman–Crippen MR) is 116 cm³/mol. The van der Waals surface area contributed by atoms with E-state index in [4.69, 9.17) is 14.7 Å². The fourth-order valence-electron chi connectivity index (χ4n) is 2.68. The molecule has 0 unspecified atom stereocenters. The third kappa shape index (κ3) is 5.56. The minimum atomic E-state index is -0.728. The maximum Gasteiger partial charge on any atom is 0.341 e. The molecule has 8 heteroatoms. The Kier molecular flexibility index (Phi) is 7.14. The topological polar surface area (TPSA) is 105 Å². The second-order valence-corrected chi connectivity index (χ2v) is 7.31. The zero-order valence-electron chi connectivity index (χ0n) is 16.6. The van der Waals surface area contributed by atoms with Gasteiger partial charge in [0, 0.05) is 4.88 Å². The summed E-state index contributed by atoms with van der Waals surface area (Å²) in [6, 6.07) is 19.0. The second kappa shape index (κ2) is 10.2. The first-order chi connectivity index (χ1) is 15.0. The summed E-state index contributed by atoms with van der Waals surface area (Å²) in [4.78, 5) is 37.6. The van der Waals surface area contributed by atoms with E-state index in [1.807, 2.05) is 36.4 Å². The number of anilines is 1. The Labute approximate surface area is 182 Å². The highest BCUT2D eigenvalue weighted by atomic mass is 32.1. The molecule has 2 aromatic carbocycles. The Bertz CT molecular complexity index is 1150. The van der Waals surface area contributed by atoms with Gasteiger partial charge in [0.2, 0.25) is 0 Å². The van der Waals surface area contributed by atoms with E-state index in [2.05, 4.69) is 5.32 Å². The van der Waals surface area contributed by atoms with Gasteiger partial charge in [0.15, 0.2) is 6.61 Å². The summed E-state index contributed by atoms with van der Waals surface area (Å²) in [7, 11) is 0. The highest BCUT2D eigenvalue weighted by molar-refractivity contribution is 7.20. The Balaban J connectivity index is 1.72. The smallest absolute Gasteiger partial charge is 0.341 e. The largest absolute Gasteiger partial charge is 0.462 e. The molecule has 0 saturated heterocycles. The third-order valence-corrected chi connectivity index (χ3v) is 5.20. The Morgan fingerprint density at radius 2 is 1.77 bits per heavy atom. The van der Waals surface area contributed by atoms with Crippen molar-refractivity contribution in [3.8, 4) is 16.5 Å². The number of nitriles is 1. The molecule has 0 bridgehead atoms. The molecule has 3 rings (SSSR count). The lowest BCUT2D eigenvalue weighted by molar-refractivity contribution is -0.119.